The zero-order chi connectivity index (χ0) is 14.8. The molecule has 1 aromatic heterocycles. The van der Waals surface area contributed by atoms with Gasteiger partial charge in [0.05, 0.1) is 0 Å². The molecule has 1 aliphatic carbocycles. The molecular formula is C13H14F4N2O. The van der Waals surface area contributed by atoms with E-state index < -0.39 is 30.6 Å². The molecule has 0 aromatic carbocycles. The summed E-state index contributed by atoms with van der Waals surface area (Å²) in [6.07, 6.45) is -0.689. The van der Waals surface area contributed by atoms with Gasteiger partial charge in [-0.05, 0) is 18.9 Å². The molecule has 2 rings (SSSR count). The van der Waals surface area contributed by atoms with Crippen molar-refractivity contribution in [2.24, 2.45) is 0 Å². The van der Waals surface area contributed by atoms with Gasteiger partial charge in [-0.1, -0.05) is 12.8 Å². The SMILES string of the molecule is O=C(c1ccnc(F)c1)N(CC(F)(F)F)C1CCCC1. The van der Waals surface area contributed by atoms with Gasteiger partial charge >= 0.3 is 6.18 Å². The van der Waals surface area contributed by atoms with Crippen LogP contribution in [0.2, 0.25) is 0 Å². The van der Waals surface area contributed by atoms with Gasteiger partial charge in [0.25, 0.3) is 5.91 Å². The average Bonchev–Trinajstić information content (AvgIpc) is 2.87. The van der Waals surface area contributed by atoms with Gasteiger partial charge in [0.15, 0.2) is 0 Å². The maximum atomic E-state index is 13.0. The highest BCUT2D eigenvalue weighted by Crippen LogP contribution is 2.28. The Labute approximate surface area is 113 Å². The van der Waals surface area contributed by atoms with Crippen LogP contribution in [-0.2, 0) is 0 Å². The predicted octanol–water partition coefficient (Wildman–Crippen LogP) is 3.17. The summed E-state index contributed by atoms with van der Waals surface area (Å²) in [7, 11) is 0. The van der Waals surface area contributed by atoms with Crippen LogP contribution in [-0.4, -0.2) is 34.6 Å². The fourth-order valence-corrected chi connectivity index (χ4v) is 2.48. The highest BCUT2D eigenvalue weighted by molar-refractivity contribution is 5.94. The van der Waals surface area contributed by atoms with E-state index in [0.717, 1.165) is 30.0 Å². The lowest BCUT2D eigenvalue weighted by Crippen LogP contribution is -2.44. The number of aromatic nitrogens is 1. The third kappa shape index (κ3) is 3.68. The number of rotatable bonds is 3. The number of pyridine rings is 1. The zero-order valence-corrected chi connectivity index (χ0v) is 10.7. The summed E-state index contributed by atoms with van der Waals surface area (Å²) >= 11 is 0. The fraction of sp³-hybridized carbons (Fsp3) is 0.538. The van der Waals surface area contributed by atoms with E-state index >= 15 is 0 Å². The molecule has 110 valence electrons. The Hall–Kier alpha value is -1.66. The molecular weight excluding hydrogens is 276 g/mol. The molecule has 0 radical (unpaired) electrons. The normalized spacial score (nSPS) is 16.4. The van der Waals surface area contributed by atoms with Crippen LogP contribution in [0.15, 0.2) is 18.3 Å². The summed E-state index contributed by atoms with van der Waals surface area (Å²) in [6, 6.07) is 1.66. The third-order valence-electron chi connectivity index (χ3n) is 3.35. The molecule has 0 spiro atoms. The fourth-order valence-electron chi connectivity index (χ4n) is 2.48. The molecule has 0 N–H and O–H groups in total. The maximum Gasteiger partial charge on any atom is 0.406 e. The largest absolute Gasteiger partial charge is 0.406 e. The molecule has 0 unspecified atom stereocenters. The van der Waals surface area contributed by atoms with Gasteiger partial charge in [-0.25, -0.2) is 4.98 Å². The van der Waals surface area contributed by atoms with Crippen LogP contribution in [0.4, 0.5) is 17.6 Å². The second-order valence-electron chi connectivity index (χ2n) is 4.85. The first-order chi connectivity index (χ1) is 9.37. The molecule has 0 saturated heterocycles. The Morgan fingerprint density at radius 1 is 1.35 bits per heavy atom. The van der Waals surface area contributed by atoms with Gasteiger partial charge in [-0.3, -0.25) is 4.79 Å². The first-order valence-electron chi connectivity index (χ1n) is 6.36. The van der Waals surface area contributed by atoms with Crippen molar-refractivity contribution in [1.29, 1.82) is 0 Å². The predicted molar refractivity (Wildman–Crippen MR) is 63.5 cm³/mol. The van der Waals surface area contributed by atoms with E-state index in [-0.39, 0.29) is 5.56 Å². The summed E-state index contributed by atoms with van der Waals surface area (Å²) in [5.74, 6) is -1.68. The number of carbonyl (C=O) groups is 1. The topological polar surface area (TPSA) is 33.2 Å². The molecule has 0 aliphatic heterocycles. The minimum atomic E-state index is -4.47. The van der Waals surface area contributed by atoms with Crippen molar-refractivity contribution in [2.45, 2.75) is 37.9 Å². The van der Waals surface area contributed by atoms with Gasteiger partial charge in [0.2, 0.25) is 5.95 Å². The second-order valence-corrected chi connectivity index (χ2v) is 4.85. The summed E-state index contributed by atoms with van der Waals surface area (Å²) in [5.41, 5.74) is -0.103. The van der Waals surface area contributed by atoms with Crippen molar-refractivity contribution in [3.8, 4) is 0 Å². The smallest absolute Gasteiger partial charge is 0.327 e. The van der Waals surface area contributed by atoms with Crippen LogP contribution in [0.3, 0.4) is 0 Å². The van der Waals surface area contributed by atoms with Crippen molar-refractivity contribution in [3.05, 3.63) is 29.8 Å². The van der Waals surface area contributed by atoms with Crippen LogP contribution >= 0.6 is 0 Å². The quantitative estimate of drug-likeness (QED) is 0.633. The number of hydrogen-bond acceptors (Lipinski definition) is 2. The molecule has 1 amide bonds. The highest BCUT2D eigenvalue weighted by Gasteiger charge is 2.37. The Kier molecular flexibility index (Phi) is 4.25. The van der Waals surface area contributed by atoms with Crippen LogP contribution < -0.4 is 0 Å². The van der Waals surface area contributed by atoms with Gasteiger partial charge in [-0.15, -0.1) is 0 Å². The molecule has 7 heteroatoms. The number of hydrogen-bond donors (Lipinski definition) is 0. The number of nitrogens with zero attached hydrogens (tertiary/aromatic N) is 2. The number of carbonyl (C=O) groups excluding carboxylic acids is 1. The summed E-state index contributed by atoms with van der Waals surface area (Å²) in [5, 5.41) is 0. The highest BCUT2D eigenvalue weighted by atomic mass is 19.4. The lowest BCUT2D eigenvalue weighted by atomic mass is 10.1. The minimum Gasteiger partial charge on any atom is -0.327 e. The van der Waals surface area contributed by atoms with Crippen molar-refractivity contribution in [3.63, 3.8) is 0 Å². The van der Waals surface area contributed by atoms with Gasteiger partial charge in [0, 0.05) is 23.9 Å². The van der Waals surface area contributed by atoms with Crippen molar-refractivity contribution >= 4 is 5.91 Å². The molecule has 0 atom stereocenters. The van der Waals surface area contributed by atoms with E-state index in [9.17, 15) is 22.4 Å². The molecule has 1 fully saturated rings. The molecule has 1 heterocycles. The van der Waals surface area contributed by atoms with Crippen molar-refractivity contribution < 1.29 is 22.4 Å². The molecule has 20 heavy (non-hydrogen) atoms. The van der Waals surface area contributed by atoms with Crippen LogP contribution in [0.5, 0.6) is 0 Å². The summed E-state index contributed by atoms with van der Waals surface area (Å²) in [6.45, 7) is -1.31. The van der Waals surface area contributed by atoms with Crippen molar-refractivity contribution in [1.82, 2.24) is 9.88 Å². The molecule has 1 aliphatic rings. The van der Waals surface area contributed by atoms with E-state index in [2.05, 4.69) is 4.98 Å². The number of halogens is 4. The molecule has 3 nitrogen and oxygen atoms in total. The Balaban J connectivity index is 2.23. The standard InChI is InChI=1S/C13H14F4N2O/c14-11-7-9(5-6-18-11)12(20)19(8-13(15,16)17)10-3-1-2-4-10/h5-7,10H,1-4,8H2. The van der Waals surface area contributed by atoms with Gasteiger partial charge in [0.1, 0.15) is 6.54 Å². The second kappa shape index (κ2) is 5.76. The molecule has 1 saturated carbocycles. The maximum absolute atomic E-state index is 13.0. The van der Waals surface area contributed by atoms with E-state index in [0.29, 0.717) is 12.8 Å². The summed E-state index contributed by atoms with van der Waals surface area (Å²) < 4.78 is 50.9. The molecule has 0 bridgehead atoms. The molecule has 1 aromatic rings. The Morgan fingerprint density at radius 2 is 2.00 bits per heavy atom. The van der Waals surface area contributed by atoms with Crippen molar-refractivity contribution in [2.75, 3.05) is 6.54 Å². The van der Waals surface area contributed by atoms with E-state index in [1.165, 1.54) is 6.07 Å². The van der Waals surface area contributed by atoms with Gasteiger partial charge < -0.3 is 4.90 Å². The summed E-state index contributed by atoms with van der Waals surface area (Å²) in [4.78, 5) is 16.3. The lowest BCUT2D eigenvalue weighted by molar-refractivity contribution is -0.144. The zero-order valence-electron chi connectivity index (χ0n) is 10.7. The van der Waals surface area contributed by atoms with E-state index in [4.69, 9.17) is 0 Å². The Morgan fingerprint density at radius 3 is 2.55 bits per heavy atom. The Bertz CT molecular complexity index is 484. The third-order valence-corrected chi connectivity index (χ3v) is 3.35. The minimum absolute atomic E-state index is 0.103. The van der Waals surface area contributed by atoms with Crippen LogP contribution in [0.25, 0.3) is 0 Å². The first kappa shape index (κ1) is 14.7. The van der Waals surface area contributed by atoms with Crippen LogP contribution in [0, 0.1) is 5.95 Å². The average molecular weight is 290 g/mol. The number of amides is 1. The van der Waals surface area contributed by atoms with E-state index in [1.54, 1.807) is 0 Å². The van der Waals surface area contributed by atoms with Gasteiger partial charge in [-0.2, -0.15) is 17.6 Å². The van der Waals surface area contributed by atoms with E-state index in [1.807, 2.05) is 0 Å². The number of alkyl halides is 3. The monoisotopic (exact) mass is 290 g/mol. The lowest BCUT2D eigenvalue weighted by Gasteiger charge is -2.29. The van der Waals surface area contributed by atoms with Crippen LogP contribution in [0.1, 0.15) is 36.0 Å². The first-order valence-corrected chi connectivity index (χ1v) is 6.36.